The third-order valence-electron chi connectivity index (χ3n) is 3.78. The third-order valence-corrected chi connectivity index (χ3v) is 6.71. The van der Waals surface area contributed by atoms with Gasteiger partial charge in [0.2, 0.25) is 0 Å². The number of thiazole rings is 1. The number of rotatable bonds is 3. The van der Waals surface area contributed by atoms with E-state index < -0.39 is 9.84 Å². The van der Waals surface area contributed by atoms with Crippen molar-refractivity contribution < 1.29 is 8.42 Å². The fourth-order valence-electron chi connectivity index (χ4n) is 2.58. The van der Waals surface area contributed by atoms with E-state index in [9.17, 15) is 8.42 Å². The van der Waals surface area contributed by atoms with Crippen LogP contribution in [0.15, 0.2) is 0 Å². The molecule has 3 rings (SSSR count). The number of hydrogen-bond donors (Lipinski definition) is 1. The average molecular weight is 301 g/mol. The molecule has 19 heavy (non-hydrogen) atoms. The van der Waals surface area contributed by atoms with E-state index in [-0.39, 0.29) is 17.5 Å². The van der Waals surface area contributed by atoms with Crippen molar-refractivity contribution in [1.29, 1.82) is 0 Å². The summed E-state index contributed by atoms with van der Waals surface area (Å²) in [7, 11) is -2.88. The molecule has 1 aromatic heterocycles. The molecule has 1 saturated heterocycles. The van der Waals surface area contributed by atoms with Crippen LogP contribution in [-0.4, -0.2) is 37.5 Å². The highest BCUT2D eigenvalue weighted by Crippen LogP contribution is 2.44. The Morgan fingerprint density at radius 2 is 2.21 bits per heavy atom. The Balaban J connectivity index is 1.86. The lowest BCUT2D eigenvalue weighted by atomic mass is 10.2. The second kappa shape index (κ2) is 4.71. The van der Waals surface area contributed by atoms with Crippen molar-refractivity contribution in [1.82, 2.24) is 4.98 Å². The van der Waals surface area contributed by atoms with Gasteiger partial charge in [0, 0.05) is 29.9 Å². The lowest BCUT2D eigenvalue weighted by molar-refractivity contribution is 0.568. The largest absolute Gasteiger partial charge is 0.343 e. The van der Waals surface area contributed by atoms with Crippen LogP contribution >= 0.6 is 11.3 Å². The number of nitrogens with two attached hydrogens (primary N) is 1. The molecule has 2 aliphatic rings. The highest BCUT2D eigenvalue weighted by Gasteiger charge is 2.33. The Kier molecular flexibility index (Phi) is 3.31. The Morgan fingerprint density at radius 1 is 1.47 bits per heavy atom. The average Bonchev–Trinajstić information content (AvgIpc) is 3.09. The van der Waals surface area contributed by atoms with Crippen molar-refractivity contribution in [2.45, 2.75) is 38.3 Å². The number of nitrogens with zero attached hydrogens (tertiary/aromatic N) is 2. The maximum Gasteiger partial charge on any atom is 0.186 e. The number of sulfone groups is 1. The second-order valence-corrected chi connectivity index (χ2v) is 8.73. The Morgan fingerprint density at radius 3 is 2.79 bits per heavy atom. The van der Waals surface area contributed by atoms with Crippen LogP contribution in [0.4, 0.5) is 5.13 Å². The van der Waals surface area contributed by atoms with E-state index >= 15 is 0 Å². The van der Waals surface area contributed by atoms with Gasteiger partial charge in [-0.1, -0.05) is 0 Å². The molecule has 1 atom stereocenters. The van der Waals surface area contributed by atoms with E-state index in [0.29, 0.717) is 19.0 Å². The van der Waals surface area contributed by atoms with Gasteiger partial charge < -0.3 is 10.6 Å². The minimum absolute atomic E-state index is 0.00239. The molecule has 5 nitrogen and oxygen atoms in total. The Hall–Kier alpha value is -0.660. The van der Waals surface area contributed by atoms with Gasteiger partial charge in [0.1, 0.15) is 0 Å². The van der Waals surface area contributed by atoms with Crippen molar-refractivity contribution in [3.05, 3.63) is 10.6 Å². The molecule has 0 radical (unpaired) electrons. The normalized spacial score (nSPS) is 26.6. The van der Waals surface area contributed by atoms with Gasteiger partial charge in [0.15, 0.2) is 15.0 Å². The standard InChI is InChI=1S/C12H19N3O2S2/c1-8-7-19(16,17)5-4-15(8)12-14-11(9-2-3-9)10(6-13)18-12/h8-9H,2-7,13H2,1H3. The van der Waals surface area contributed by atoms with Crippen LogP contribution < -0.4 is 10.6 Å². The predicted octanol–water partition coefficient (Wildman–Crippen LogP) is 1.10. The van der Waals surface area contributed by atoms with Gasteiger partial charge in [-0.05, 0) is 19.8 Å². The fraction of sp³-hybridized carbons (Fsp3) is 0.750. The first-order valence-corrected chi connectivity index (χ1v) is 9.30. The quantitative estimate of drug-likeness (QED) is 0.905. The number of aromatic nitrogens is 1. The molecular formula is C12H19N3O2S2. The van der Waals surface area contributed by atoms with Crippen LogP contribution in [0, 0.1) is 0 Å². The summed E-state index contributed by atoms with van der Waals surface area (Å²) < 4.78 is 23.2. The van der Waals surface area contributed by atoms with Crippen molar-refractivity contribution in [3.8, 4) is 0 Å². The number of hydrogen-bond acceptors (Lipinski definition) is 6. The van der Waals surface area contributed by atoms with Gasteiger partial charge in [-0.25, -0.2) is 13.4 Å². The highest BCUT2D eigenvalue weighted by atomic mass is 32.2. The van der Waals surface area contributed by atoms with Crippen molar-refractivity contribution in [2.24, 2.45) is 5.73 Å². The molecule has 2 heterocycles. The Bertz CT molecular complexity index is 578. The van der Waals surface area contributed by atoms with Crippen molar-refractivity contribution in [2.75, 3.05) is 23.0 Å². The lowest BCUT2D eigenvalue weighted by Gasteiger charge is -2.32. The van der Waals surface area contributed by atoms with Crippen LogP contribution in [0.5, 0.6) is 0 Å². The van der Waals surface area contributed by atoms with Crippen LogP contribution in [0.25, 0.3) is 0 Å². The molecule has 0 aromatic carbocycles. The van der Waals surface area contributed by atoms with Gasteiger partial charge in [-0.3, -0.25) is 0 Å². The van der Waals surface area contributed by atoms with E-state index in [0.717, 1.165) is 15.7 Å². The molecule has 1 aliphatic heterocycles. The molecule has 7 heteroatoms. The Labute approximate surface area is 117 Å². The highest BCUT2D eigenvalue weighted by molar-refractivity contribution is 7.91. The molecule has 1 saturated carbocycles. The summed E-state index contributed by atoms with van der Waals surface area (Å²) in [4.78, 5) is 8.02. The molecule has 0 amide bonds. The molecule has 2 fully saturated rings. The lowest BCUT2D eigenvalue weighted by Crippen LogP contribution is -2.47. The van der Waals surface area contributed by atoms with E-state index in [4.69, 9.17) is 10.7 Å². The van der Waals surface area contributed by atoms with Crippen molar-refractivity contribution in [3.63, 3.8) is 0 Å². The van der Waals surface area contributed by atoms with Gasteiger partial charge in [-0.2, -0.15) is 0 Å². The second-order valence-electron chi connectivity index (χ2n) is 5.44. The van der Waals surface area contributed by atoms with Crippen molar-refractivity contribution >= 4 is 26.3 Å². The van der Waals surface area contributed by atoms with Crippen LogP contribution in [-0.2, 0) is 16.4 Å². The molecule has 1 aliphatic carbocycles. The first kappa shape index (κ1) is 13.3. The van der Waals surface area contributed by atoms with E-state index in [1.165, 1.54) is 12.8 Å². The topological polar surface area (TPSA) is 76.3 Å². The SMILES string of the molecule is CC1CS(=O)(=O)CCN1c1nc(C2CC2)c(CN)s1. The fourth-order valence-corrected chi connectivity index (χ4v) is 5.29. The maximum atomic E-state index is 11.6. The molecule has 1 unspecified atom stereocenters. The third kappa shape index (κ3) is 2.64. The summed E-state index contributed by atoms with van der Waals surface area (Å²) in [5.41, 5.74) is 6.95. The number of anilines is 1. The molecular weight excluding hydrogens is 282 g/mol. The predicted molar refractivity (Wildman–Crippen MR) is 77.4 cm³/mol. The monoisotopic (exact) mass is 301 g/mol. The zero-order chi connectivity index (χ0) is 13.6. The van der Waals surface area contributed by atoms with E-state index in [1.54, 1.807) is 11.3 Å². The van der Waals surface area contributed by atoms with E-state index in [2.05, 4.69) is 4.90 Å². The summed E-state index contributed by atoms with van der Waals surface area (Å²) in [6, 6.07) is 0.00239. The molecule has 1 aromatic rings. The van der Waals surface area contributed by atoms with Crippen LogP contribution in [0.1, 0.15) is 36.3 Å². The molecule has 0 bridgehead atoms. The summed E-state index contributed by atoms with van der Waals surface area (Å²) >= 11 is 1.63. The van der Waals surface area contributed by atoms with Gasteiger partial charge in [0.25, 0.3) is 0 Å². The van der Waals surface area contributed by atoms with E-state index in [1.807, 2.05) is 6.92 Å². The first-order chi connectivity index (χ1) is 9.00. The van der Waals surface area contributed by atoms with Gasteiger partial charge >= 0.3 is 0 Å². The van der Waals surface area contributed by atoms with Crippen LogP contribution in [0.3, 0.4) is 0 Å². The maximum absolute atomic E-state index is 11.6. The smallest absolute Gasteiger partial charge is 0.186 e. The zero-order valence-corrected chi connectivity index (χ0v) is 12.6. The molecule has 0 spiro atoms. The summed E-state index contributed by atoms with van der Waals surface area (Å²) in [6.07, 6.45) is 2.42. The molecule has 106 valence electrons. The minimum Gasteiger partial charge on any atom is -0.343 e. The van der Waals surface area contributed by atoms with Gasteiger partial charge in [-0.15, -0.1) is 11.3 Å². The minimum atomic E-state index is -2.88. The summed E-state index contributed by atoms with van der Waals surface area (Å²) in [6.45, 7) is 3.03. The van der Waals surface area contributed by atoms with Crippen LogP contribution in [0.2, 0.25) is 0 Å². The first-order valence-electron chi connectivity index (χ1n) is 6.67. The summed E-state index contributed by atoms with van der Waals surface area (Å²) in [5, 5.41) is 0.949. The zero-order valence-electron chi connectivity index (χ0n) is 11.0. The molecule has 2 N–H and O–H groups in total. The summed E-state index contributed by atoms with van der Waals surface area (Å²) in [5.74, 6) is 1.05. The van der Waals surface area contributed by atoms with Gasteiger partial charge in [0.05, 0.1) is 17.2 Å².